The zero-order chi connectivity index (χ0) is 20.2. The lowest BCUT2D eigenvalue weighted by molar-refractivity contribution is 0.200. The van der Waals surface area contributed by atoms with Crippen LogP contribution in [0.25, 0.3) is 0 Å². The molecule has 0 aliphatic carbocycles. The molecule has 0 heterocycles. The number of ether oxygens (including phenoxy) is 2. The molecule has 0 fully saturated rings. The molecule has 0 atom stereocenters. The van der Waals surface area contributed by atoms with Gasteiger partial charge in [0.2, 0.25) is 0 Å². The fraction of sp³-hybridized carbons (Fsp3) is 0.400. The first-order chi connectivity index (χ1) is 12.7. The highest BCUT2D eigenvalue weighted by atomic mass is 79.9. The van der Waals surface area contributed by atoms with Crippen LogP contribution in [0.5, 0.6) is 11.5 Å². The highest BCUT2D eigenvalue weighted by molar-refractivity contribution is 9.11. The maximum atomic E-state index is 9.00. The van der Waals surface area contributed by atoms with E-state index in [9.17, 15) is 0 Å². The molecule has 0 aliphatic heterocycles. The van der Waals surface area contributed by atoms with Crippen LogP contribution >= 0.6 is 47.8 Å². The van der Waals surface area contributed by atoms with Crippen LogP contribution in [0.1, 0.15) is 30.5 Å². The lowest BCUT2D eigenvalue weighted by Gasteiger charge is -2.28. The monoisotopic (exact) mass is 564 g/mol. The summed E-state index contributed by atoms with van der Waals surface area (Å²) in [4.78, 5) is 0. The first-order valence-electron chi connectivity index (χ1n) is 8.49. The van der Waals surface area contributed by atoms with E-state index >= 15 is 0 Å². The Bertz CT molecular complexity index is 694. The second kappa shape index (κ2) is 9.74. The molecule has 0 amide bonds. The number of rotatable bonds is 8. The van der Waals surface area contributed by atoms with Crippen molar-refractivity contribution < 1.29 is 19.7 Å². The molecule has 2 aromatic carbocycles. The van der Waals surface area contributed by atoms with Gasteiger partial charge in [-0.15, -0.1) is 0 Å². The minimum Gasteiger partial charge on any atom is -0.490 e. The molecule has 7 heteroatoms. The van der Waals surface area contributed by atoms with Crippen molar-refractivity contribution in [1.82, 2.24) is 0 Å². The molecule has 2 N–H and O–H groups in total. The van der Waals surface area contributed by atoms with E-state index in [-0.39, 0.29) is 31.8 Å². The van der Waals surface area contributed by atoms with E-state index in [0.717, 1.165) is 35.9 Å². The molecule has 0 aromatic heterocycles. The molecule has 0 saturated carbocycles. The van der Waals surface area contributed by atoms with Crippen LogP contribution < -0.4 is 9.47 Å². The summed E-state index contributed by atoms with van der Waals surface area (Å²) < 4.78 is 13.7. The minimum atomic E-state index is -0.274. The molecule has 2 aromatic rings. The van der Waals surface area contributed by atoms with E-state index in [2.05, 4.69) is 73.8 Å². The Hall–Kier alpha value is -0.600. The lowest BCUT2D eigenvalue weighted by atomic mass is 9.77. The zero-order valence-corrected chi connectivity index (χ0v) is 20.2. The highest BCUT2D eigenvalue weighted by Crippen LogP contribution is 2.42. The molecule has 0 spiro atoms. The minimum absolute atomic E-state index is 0.0219. The summed E-state index contributed by atoms with van der Waals surface area (Å²) in [6, 6.07) is 8.24. The van der Waals surface area contributed by atoms with Crippen LogP contribution in [-0.4, -0.2) is 36.6 Å². The second-order valence-electron chi connectivity index (χ2n) is 6.64. The quantitative estimate of drug-likeness (QED) is 0.452. The fourth-order valence-electron chi connectivity index (χ4n) is 2.80. The largest absolute Gasteiger partial charge is 0.490 e. The van der Waals surface area contributed by atoms with Crippen molar-refractivity contribution in [3.05, 3.63) is 54.4 Å². The van der Waals surface area contributed by atoms with Crippen molar-refractivity contribution in [3.8, 4) is 11.5 Å². The Morgan fingerprint density at radius 1 is 0.778 bits per heavy atom. The number of hydrogen-bond acceptors (Lipinski definition) is 4. The lowest BCUT2D eigenvalue weighted by Crippen LogP contribution is -2.20. The van der Waals surface area contributed by atoms with Gasteiger partial charge in [0.15, 0.2) is 0 Å². The number of aliphatic hydroxyl groups is 2. The Balaban J connectivity index is 2.43. The predicted molar refractivity (Wildman–Crippen MR) is 118 cm³/mol. The van der Waals surface area contributed by atoms with Crippen LogP contribution in [0.3, 0.4) is 0 Å². The third kappa shape index (κ3) is 5.26. The van der Waals surface area contributed by atoms with Crippen LogP contribution in [0.4, 0.5) is 0 Å². The number of halogens is 3. The topological polar surface area (TPSA) is 58.9 Å². The fourth-order valence-corrected chi connectivity index (χ4v) is 4.88. The van der Waals surface area contributed by atoms with Crippen molar-refractivity contribution in [2.75, 3.05) is 26.4 Å². The van der Waals surface area contributed by atoms with Gasteiger partial charge >= 0.3 is 0 Å². The second-order valence-corrected chi connectivity index (χ2v) is 9.21. The molecular weight excluding hydrogens is 544 g/mol. The third-order valence-corrected chi connectivity index (χ3v) is 6.11. The zero-order valence-electron chi connectivity index (χ0n) is 15.5. The molecule has 0 aliphatic rings. The van der Waals surface area contributed by atoms with Gasteiger partial charge in [-0.2, -0.15) is 0 Å². The van der Waals surface area contributed by atoms with Crippen molar-refractivity contribution in [2.24, 2.45) is 0 Å². The van der Waals surface area contributed by atoms with Gasteiger partial charge in [0.25, 0.3) is 0 Å². The van der Waals surface area contributed by atoms with Crippen molar-refractivity contribution in [2.45, 2.75) is 26.2 Å². The van der Waals surface area contributed by atoms with Gasteiger partial charge in [-0.25, -0.2) is 0 Å². The summed E-state index contributed by atoms with van der Waals surface area (Å²) in [5.74, 6) is 1.42. The average molecular weight is 567 g/mol. The maximum Gasteiger partial charge on any atom is 0.147 e. The van der Waals surface area contributed by atoms with Crippen LogP contribution in [0.15, 0.2) is 37.7 Å². The smallest absolute Gasteiger partial charge is 0.147 e. The molecule has 4 nitrogen and oxygen atoms in total. The standard InChI is InChI=1S/C20H23Br3O4/c1-12-8-13(9-15(21)18(12)26-6-4-24)20(2,3)14-10-16(22)19(17(23)11-14)27-7-5-25/h8-11,24-25H,4-7H2,1-3H3. The van der Waals surface area contributed by atoms with E-state index < -0.39 is 0 Å². The van der Waals surface area contributed by atoms with E-state index in [0.29, 0.717) is 5.75 Å². The van der Waals surface area contributed by atoms with Gasteiger partial charge in [0.1, 0.15) is 24.7 Å². The molecular formula is C20H23Br3O4. The van der Waals surface area contributed by atoms with E-state index in [4.69, 9.17) is 19.7 Å². The summed E-state index contributed by atoms with van der Waals surface area (Å²) in [6.45, 7) is 6.75. The molecule has 0 radical (unpaired) electrons. The van der Waals surface area contributed by atoms with Gasteiger partial charge in [0.05, 0.1) is 26.6 Å². The number of aryl methyl sites for hydroxylation is 1. The molecule has 27 heavy (non-hydrogen) atoms. The highest BCUT2D eigenvalue weighted by Gasteiger charge is 2.27. The number of hydrogen-bond donors (Lipinski definition) is 2. The van der Waals surface area contributed by atoms with Crippen LogP contribution in [-0.2, 0) is 5.41 Å². The summed E-state index contributed by atoms with van der Waals surface area (Å²) in [5, 5.41) is 18.0. The number of aliphatic hydroxyl groups excluding tert-OH is 2. The van der Waals surface area contributed by atoms with E-state index in [1.54, 1.807) is 0 Å². The Kier molecular flexibility index (Phi) is 8.19. The summed E-state index contributed by atoms with van der Waals surface area (Å²) >= 11 is 10.7. The van der Waals surface area contributed by atoms with Crippen molar-refractivity contribution >= 4 is 47.8 Å². The van der Waals surface area contributed by atoms with E-state index in [1.807, 2.05) is 19.1 Å². The summed E-state index contributed by atoms with van der Waals surface area (Å²) in [7, 11) is 0. The predicted octanol–water partition coefficient (Wildman–Crippen LogP) is 5.35. The number of benzene rings is 2. The average Bonchev–Trinajstić information content (AvgIpc) is 2.60. The summed E-state index contributed by atoms with van der Waals surface area (Å²) in [5.41, 5.74) is 2.96. The third-order valence-electron chi connectivity index (χ3n) is 4.35. The SMILES string of the molecule is Cc1cc(C(C)(C)c2cc(Br)c(OCCO)c(Br)c2)cc(Br)c1OCCO. The van der Waals surface area contributed by atoms with Crippen molar-refractivity contribution in [1.29, 1.82) is 0 Å². The normalized spacial score (nSPS) is 11.6. The van der Waals surface area contributed by atoms with Gasteiger partial charge in [-0.05, 0) is 89.6 Å². The molecule has 148 valence electrons. The van der Waals surface area contributed by atoms with Gasteiger partial charge < -0.3 is 19.7 Å². The van der Waals surface area contributed by atoms with Gasteiger partial charge in [0, 0.05) is 5.41 Å². The Morgan fingerprint density at radius 2 is 1.19 bits per heavy atom. The molecule has 0 unspecified atom stereocenters. The van der Waals surface area contributed by atoms with Crippen LogP contribution in [0, 0.1) is 6.92 Å². The van der Waals surface area contributed by atoms with Gasteiger partial charge in [-0.3, -0.25) is 0 Å². The van der Waals surface area contributed by atoms with Gasteiger partial charge in [-0.1, -0.05) is 19.9 Å². The first kappa shape index (κ1) is 22.7. The molecule has 2 rings (SSSR count). The first-order valence-corrected chi connectivity index (χ1v) is 10.9. The van der Waals surface area contributed by atoms with E-state index in [1.165, 1.54) is 0 Å². The van der Waals surface area contributed by atoms with Crippen molar-refractivity contribution in [3.63, 3.8) is 0 Å². The Labute approximate surface area is 185 Å². The molecule has 0 bridgehead atoms. The molecule has 0 saturated heterocycles. The van der Waals surface area contributed by atoms with Crippen LogP contribution in [0.2, 0.25) is 0 Å². The maximum absolute atomic E-state index is 9.00. The summed E-state index contributed by atoms with van der Waals surface area (Å²) in [6.07, 6.45) is 0. The Morgan fingerprint density at radius 3 is 1.63 bits per heavy atom.